The van der Waals surface area contributed by atoms with Gasteiger partial charge >= 0.3 is 0 Å². The highest BCUT2D eigenvalue weighted by atomic mass is 32.2. The molecule has 22 nitrogen and oxygen atoms in total. The molecule has 0 amide bonds. The summed E-state index contributed by atoms with van der Waals surface area (Å²) >= 11 is 48.6. The predicted octanol–water partition coefficient (Wildman–Crippen LogP) is 12.2. The predicted molar refractivity (Wildman–Crippen MR) is 313 cm³/mol. The molecule has 0 unspecified atom stereocenters. The molecule has 0 saturated heterocycles. The number of hydrogen-bond acceptors (Lipinski definition) is 33. The summed E-state index contributed by atoms with van der Waals surface area (Å²) in [6.45, 7) is 1.91. The van der Waals surface area contributed by atoms with Gasteiger partial charge in [-0.2, -0.15) is 29.1 Å². The molecule has 10 heterocycles. The number of anilines is 3. The Labute approximate surface area is 476 Å². The lowest BCUT2D eigenvalue weighted by atomic mass is 10.3. The zero-order chi connectivity index (χ0) is 51.1. The molecule has 0 aliphatic carbocycles. The third-order valence-electron chi connectivity index (χ3n) is 5.91. The van der Waals surface area contributed by atoms with Gasteiger partial charge in [0, 0.05) is 29.5 Å². The van der Waals surface area contributed by atoms with Crippen molar-refractivity contribution in [3.63, 3.8) is 0 Å². The summed E-state index contributed by atoms with van der Waals surface area (Å²) in [5, 5.41) is 51.9. The van der Waals surface area contributed by atoms with Crippen molar-refractivity contribution in [2.75, 3.05) is 29.7 Å². The highest BCUT2D eigenvalue weighted by Gasteiger charge is 1.99. The van der Waals surface area contributed by atoms with E-state index in [1.165, 1.54) is 109 Å². The lowest BCUT2D eigenvalue weighted by molar-refractivity contribution is 1.00. The third-order valence-corrected chi connectivity index (χ3v) is 16.0. The lowest BCUT2D eigenvalue weighted by Gasteiger charge is -1.90. The zero-order valence-electron chi connectivity index (χ0n) is 35.2. The maximum Gasteiger partial charge on any atom is 0.203 e. The average molecular weight is 1280 g/mol. The number of thioether (sulfide) groups is 2. The van der Waals surface area contributed by atoms with Crippen molar-refractivity contribution < 1.29 is 0 Å². The first kappa shape index (κ1) is 60.6. The normalized spacial score (nSPS) is 9.47. The zero-order valence-corrected chi connectivity index (χ0v) is 49.9. The molecule has 1 aromatic carbocycles. The highest BCUT2D eigenvalue weighted by Crippen LogP contribution is 2.21. The molecule has 40 heteroatoms. The maximum atomic E-state index is 5.29. The average Bonchev–Trinajstić information content (AvgIpc) is 4.20. The molecule has 0 bridgehead atoms. The first-order chi connectivity index (χ1) is 33.6. The number of nitrogens with zero attached hydrogens (tertiary/aromatic N) is 12. The minimum atomic E-state index is 0.491. The molecule has 0 atom stereocenters. The first-order valence-electron chi connectivity index (χ1n) is 17.6. The molecule has 0 radical (unpaired) electrons. The lowest BCUT2D eigenvalue weighted by Crippen LogP contribution is -1.79. The van der Waals surface area contributed by atoms with Gasteiger partial charge in [-0.15, -0.1) is 20.4 Å². The summed E-state index contributed by atoms with van der Waals surface area (Å²) < 4.78 is 18.4. The van der Waals surface area contributed by atoms with Gasteiger partial charge in [0.1, 0.15) is 31.6 Å². The number of pyridine rings is 1. The van der Waals surface area contributed by atoms with Gasteiger partial charge < -0.3 is 17.2 Å². The van der Waals surface area contributed by atoms with Crippen LogP contribution in [0, 0.1) is 34.6 Å². The number of nitrogens with one attached hydrogen (secondary N) is 7. The largest absolute Gasteiger partial charge is 0.388 e. The number of fused-ring (bicyclic) bond motifs is 1. The fraction of sp³-hybridized carbons (Fsp3) is 0.100. The summed E-state index contributed by atoms with van der Waals surface area (Å²) in [4.78, 5) is 3.92. The van der Waals surface area contributed by atoms with Gasteiger partial charge in [-0.05, 0) is 129 Å². The van der Waals surface area contributed by atoms with Crippen molar-refractivity contribution in [3.05, 3.63) is 93.2 Å². The number of rotatable bonds is 3. The van der Waals surface area contributed by atoms with Crippen LogP contribution in [0.5, 0.6) is 0 Å². The van der Waals surface area contributed by atoms with Gasteiger partial charge in [0.15, 0.2) is 36.4 Å². The van der Waals surface area contributed by atoms with Crippen LogP contribution >= 0.6 is 212 Å². The number of hydrogen-bond donors (Lipinski definition) is 10. The smallest absolute Gasteiger partial charge is 0.203 e. The van der Waals surface area contributed by atoms with Gasteiger partial charge in [0.25, 0.3) is 0 Å². The molecule has 70 heavy (non-hydrogen) atoms. The van der Waals surface area contributed by atoms with E-state index in [1.807, 2.05) is 55.8 Å². The molecule has 0 aliphatic rings. The number of benzene rings is 1. The first-order valence-corrected chi connectivity index (χ1v) is 30.2. The summed E-state index contributed by atoms with van der Waals surface area (Å²) in [5.74, 6) is 0. The van der Waals surface area contributed by atoms with Crippen LogP contribution in [0.2, 0.25) is 0 Å². The Balaban J connectivity index is 0.000000210. The van der Waals surface area contributed by atoms with E-state index in [0.717, 1.165) is 47.2 Å². The number of H-pyrrole nitrogens is 7. The van der Waals surface area contributed by atoms with Crippen molar-refractivity contribution in [1.82, 2.24) is 94.7 Å². The Morgan fingerprint density at radius 2 is 1.17 bits per heavy atom. The molecule has 11 aromatic rings. The number of nitrogen functional groups attached to an aromatic ring is 3. The van der Waals surface area contributed by atoms with E-state index < -0.39 is 0 Å². The fourth-order valence-corrected chi connectivity index (χ4v) is 10.7. The molecule has 0 fully saturated rings. The Morgan fingerprint density at radius 3 is 1.47 bits per heavy atom. The number of aromatic amines is 7. The minimum Gasteiger partial charge on any atom is -0.388 e. The van der Waals surface area contributed by atoms with E-state index in [4.69, 9.17) is 78.3 Å². The van der Waals surface area contributed by atoms with Crippen LogP contribution in [0.15, 0.2) is 69.2 Å². The van der Waals surface area contributed by atoms with Crippen LogP contribution in [-0.2, 0) is 0 Å². The summed E-state index contributed by atoms with van der Waals surface area (Å²) in [7, 11) is 0. The third kappa shape index (κ3) is 27.2. The molecule has 0 spiro atoms. The van der Waals surface area contributed by atoms with Crippen LogP contribution in [0.25, 0.3) is 21.6 Å². The topological polar surface area (TPSA) is 343 Å². The summed E-state index contributed by atoms with van der Waals surface area (Å²) in [6, 6.07) is 11.6. The molecule has 0 aliphatic heterocycles. The summed E-state index contributed by atoms with van der Waals surface area (Å²) in [6.07, 6.45) is 8.91. The molecular weight excluding hydrogens is 1250 g/mol. The van der Waals surface area contributed by atoms with E-state index in [2.05, 4.69) is 119 Å². The number of aryl methyl sites for hydroxylation is 1. The Hall–Kier alpha value is -3.69. The SMILES string of the molecule is CSc1n[nH]c(=S)s1.CSc1nnc(N)s1.Cc1n[nH]c(=S)s1.Nc1cnns1.Nc1n[nH]c(=S)s1.S=c1[nH][nH]c(=S)s1.S=c1[nH]nc(-c2ccncc2)s1.S=c1[nH]ncs1.c1ccc2nsnc2c1. The van der Waals surface area contributed by atoms with Crippen LogP contribution in [-0.4, -0.2) is 107 Å². The van der Waals surface area contributed by atoms with Crippen LogP contribution in [0.3, 0.4) is 0 Å². The quantitative estimate of drug-likeness (QED) is 0.0580. The van der Waals surface area contributed by atoms with E-state index in [1.54, 1.807) is 41.4 Å². The molecule has 10 aromatic heterocycles. The van der Waals surface area contributed by atoms with Crippen molar-refractivity contribution in [1.29, 1.82) is 0 Å². The number of nitrogens with two attached hydrogens (primary N) is 3. The van der Waals surface area contributed by atoms with Crippen molar-refractivity contribution >= 4 is 238 Å². The van der Waals surface area contributed by atoms with Crippen LogP contribution in [0.4, 0.5) is 15.3 Å². The Bertz CT molecular complexity index is 3340. The van der Waals surface area contributed by atoms with E-state index >= 15 is 0 Å². The van der Waals surface area contributed by atoms with E-state index in [9.17, 15) is 0 Å². The summed E-state index contributed by atoms with van der Waals surface area (Å²) in [5.41, 5.74) is 20.3. The van der Waals surface area contributed by atoms with Crippen molar-refractivity contribution in [3.8, 4) is 10.6 Å². The second kappa shape index (κ2) is 35.4. The Morgan fingerprint density at radius 1 is 0.571 bits per heavy atom. The van der Waals surface area contributed by atoms with Gasteiger partial charge in [-0.25, -0.2) is 0 Å². The number of aromatic nitrogens is 19. The van der Waals surface area contributed by atoms with E-state index in [-0.39, 0.29) is 0 Å². The van der Waals surface area contributed by atoms with Crippen molar-refractivity contribution in [2.24, 2.45) is 0 Å². The minimum absolute atomic E-state index is 0.491. The molecule has 0 saturated carbocycles. The standard InChI is InChI=1S/C7H5N3S2.C6H4N2S.C3H5N3S2.C3H4N2S3.C3H4N2S2.C2H3N3S2.C2H3N3S.C2H2N2S3.C2H2N2S2/c11-7-10-9-6(12-7)5-1-3-8-4-2-5;1-2-4-6-5(3-1)7-9-8-6;1-7-3-6-5-2(4)8-3;1-7-3-5-4-2(6)8-3;1-2-4-5-3(6)7-2;3-1-4-5-2(6)7-1;3-2-1-4-5-6-2;5-1-3-4-2(6)7-1;5-2-4-3-1-6-2/h1-4H,(H,10,11);1-4H;1H3,(H2,4,5);1H3,(H,4,6);1H3,(H,5,6);(H2,3,4)(H,5,6);1H,3H2;(H,3,5)(H,4,6);1H,(H,4,5). The second-order valence-electron chi connectivity index (χ2n) is 10.7. The fourth-order valence-electron chi connectivity index (χ4n) is 3.32. The maximum absolute atomic E-state index is 5.29. The highest BCUT2D eigenvalue weighted by molar-refractivity contribution is 8.00. The van der Waals surface area contributed by atoms with Crippen LogP contribution < -0.4 is 17.2 Å². The van der Waals surface area contributed by atoms with Gasteiger partial charge in [-0.3, -0.25) is 40.7 Å². The molecule has 11 rings (SSSR count). The molecular formula is C30H32N22S18. The van der Waals surface area contributed by atoms with Gasteiger partial charge in [0.05, 0.1) is 17.9 Å². The van der Waals surface area contributed by atoms with E-state index in [0.29, 0.717) is 31.1 Å². The van der Waals surface area contributed by atoms with Crippen LogP contribution in [0.1, 0.15) is 5.01 Å². The van der Waals surface area contributed by atoms with Crippen molar-refractivity contribution in [2.45, 2.75) is 15.6 Å². The van der Waals surface area contributed by atoms with Gasteiger partial charge in [-0.1, -0.05) is 120 Å². The molecule has 13 N–H and O–H groups in total. The molecule has 370 valence electrons. The second-order valence-corrected chi connectivity index (χ2v) is 25.9. The van der Waals surface area contributed by atoms with Gasteiger partial charge in [0.2, 0.25) is 10.3 Å². The Kier molecular flexibility index (Phi) is 30.7. The monoisotopic (exact) mass is 1280 g/mol.